The van der Waals surface area contributed by atoms with Crippen LogP contribution in [0.3, 0.4) is 0 Å². The summed E-state index contributed by atoms with van der Waals surface area (Å²) in [5.41, 5.74) is 6.40. The third-order valence-electron chi connectivity index (χ3n) is 3.10. The Morgan fingerprint density at radius 3 is 2.68 bits per heavy atom. The molecule has 0 atom stereocenters. The molecule has 1 saturated heterocycles. The van der Waals surface area contributed by atoms with E-state index in [2.05, 4.69) is 16.1 Å². The number of oxime groups is 1. The Morgan fingerprint density at radius 2 is 2.00 bits per heavy atom. The predicted octanol–water partition coefficient (Wildman–Crippen LogP) is 0.558. The lowest BCUT2D eigenvalue weighted by Crippen LogP contribution is -2.41. The Labute approximate surface area is 129 Å². The zero-order valence-corrected chi connectivity index (χ0v) is 12.4. The molecule has 118 valence electrons. The normalized spacial score (nSPS) is 16.0. The second-order valence-electron chi connectivity index (χ2n) is 4.79. The minimum Gasteiger partial charge on any atom is -0.490 e. The lowest BCUT2D eigenvalue weighted by molar-refractivity contribution is 0.0442. The number of ether oxygens (including phenoxy) is 2. The molecule has 1 aromatic carbocycles. The fourth-order valence-corrected chi connectivity index (χ4v) is 1.97. The van der Waals surface area contributed by atoms with E-state index in [1.807, 2.05) is 0 Å². The average Bonchev–Trinajstić information content (AvgIpc) is 2.56. The summed E-state index contributed by atoms with van der Waals surface area (Å²) < 4.78 is 10.7. The Hall–Kier alpha value is -2.30. The summed E-state index contributed by atoms with van der Waals surface area (Å²) in [6, 6.07) is 8.95. The van der Waals surface area contributed by atoms with E-state index in [1.165, 1.54) is 0 Å². The lowest BCUT2D eigenvalue weighted by Gasteiger charge is -2.25. The van der Waals surface area contributed by atoms with E-state index < -0.39 is 0 Å². The van der Waals surface area contributed by atoms with Gasteiger partial charge in [-0.1, -0.05) is 5.16 Å². The minimum absolute atomic E-state index is 0.309. The molecule has 7 nitrogen and oxygen atoms in total. The van der Waals surface area contributed by atoms with Crippen LogP contribution in [0.4, 0.5) is 0 Å². The molecule has 0 aromatic heterocycles. The van der Waals surface area contributed by atoms with Crippen molar-refractivity contribution in [1.29, 1.82) is 5.26 Å². The zero-order chi connectivity index (χ0) is 15.6. The average molecular weight is 304 g/mol. The lowest BCUT2D eigenvalue weighted by atomic mass is 10.2. The van der Waals surface area contributed by atoms with Gasteiger partial charge in [0.25, 0.3) is 0 Å². The van der Waals surface area contributed by atoms with Crippen molar-refractivity contribution < 1.29 is 14.3 Å². The van der Waals surface area contributed by atoms with Gasteiger partial charge in [0.05, 0.1) is 31.4 Å². The van der Waals surface area contributed by atoms with Gasteiger partial charge in [-0.2, -0.15) is 5.26 Å². The van der Waals surface area contributed by atoms with Gasteiger partial charge in [0.2, 0.25) is 0 Å². The summed E-state index contributed by atoms with van der Waals surface area (Å²) in [6.07, 6.45) is 0. The maximum Gasteiger partial charge on any atom is 0.153 e. The Bertz CT molecular complexity index is 519. The number of morpholine rings is 1. The Balaban J connectivity index is 1.61. The molecule has 0 spiro atoms. The number of nitriles is 1. The van der Waals surface area contributed by atoms with E-state index in [1.54, 1.807) is 24.3 Å². The van der Waals surface area contributed by atoms with Crippen LogP contribution in [-0.4, -0.2) is 56.8 Å². The highest BCUT2D eigenvalue weighted by Gasteiger charge is 2.11. The molecule has 2 rings (SSSR count). The van der Waals surface area contributed by atoms with E-state index in [-0.39, 0.29) is 0 Å². The molecule has 1 fully saturated rings. The SMILES string of the molecule is N#Cc1ccc(OCCO/N=C(\N)CN2CCOCC2)cc1. The van der Waals surface area contributed by atoms with Crippen LogP contribution >= 0.6 is 0 Å². The van der Waals surface area contributed by atoms with Gasteiger partial charge < -0.3 is 20.0 Å². The van der Waals surface area contributed by atoms with E-state index in [4.69, 9.17) is 25.3 Å². The van der Waals surface area contributed by atoms with E-state index in [0.29, 0.717) is 36.9 Å². The third kappa shape index (κ3) is 5.60. The zero-order valence-electron chi connectivity index (χ0n) is 12.4. The molecule has 1 aromatic rings. The summed E-state index contributed by atoms with van der Waals surface area (Å²) in [5, 5.41) is 12.6. The van der Waals surface area contributed by atoms with Gasteiger partial charge in [-0.15, -0.1) is 0 Å². The highest BCUT2D eigenvalue weighted by Crippen LogP contribution is 2.11. The second kappa shape index (κ2) is 8.87. The van der Waals surface area contributed by atoms with Gasteiger partial charge in [0, 0.05) is 13.1 Å². The van der Waals surface area contributed by atoms with Crippen LogP contribution in [0, 0.1) is 11.3 Å². The van der Waals surface area contributed by atoms with Gasteiger partial charge >= 0.3 is 0 Å². The van der Waals surface area contributed by atoms with Crippen LogP contribution < -0.4 is 10.5 Å². The molecular formula is C15H20N4O3. The van der Waals surface area contributed by atoms with Crippen molar-refractivity contribution in [1.82, 2.24) is 4.90 Å². The van der Waals surface area contributed by atoms with E-state index >= 15 is 0 Å². The van der Waals surface area contributed by atoms with Gasteiger partial charge in [-0.25, -0.2) is 0 Å². The Morgan fingerprint density at radius 1 is 1.27 bits per heavy atom. The number of amidine groups is 1. The molecule has 1 aliphatic heterocycles. The standard InChI is InChI=1S/C15H20N4O3/c16-11-13-1-3-14(4-2-13)21-9-10-22-18-15(17)12-19-5-7-20-8-6-19/h1-4H,5-10,12H2,(H2,17,18). The number of nitrogens with zero attached hydrogens (tertiary/aromatic N) is 3. The molecule has 0 aliphatic carbocycles. The molecule has 0 unspecified atom stereocenters. The maximum absolute atomic E-state index is 8.70. The number of hydrogen-bond donors (Lipinski definition) is 1. The summed E-state index contributed by atoms with van der Waals surface area (Å²) >= 11 is 0. The van der Waals surface area contributed by atoms with Crippen molar-refractivity contribution in [2.24, 2.45) is 10.9 Å². The summed E-state index contributed by atoms with van der Waals surface area (Å²) in [7, 11) is 0. The molecule has 0 radical (unpaired) electrons. The molecule has 0 saturated carbocycles. The van der Waals surface area contributed by atoms with Crippen LogP contribution in [0.15, 0.2) is 29.4 Å². The van der Waals surface area contributed by atoms with Gasteiger partial charge in [-0.05, 0) is 24.3 Å². The smallest absolute Gasteiger partial charge is 0.153 e. The summed E-state index contributed by atoms with van der Waals surface area (Å²) in [6.45, 7) is 4.43. The molecule has 22 heavy (non-hydrogen) atoms. The maximum atomic E-state index is 8.70. The van der Waals surface area contributed by atoms with Crippen LogP contribution in [0.5, 0.6) is 5.75 Å². The first-order chi connectivity index (χ1) is 10.8. The summed E-state index contributed by atoms with van der Waals surface area (Å²) in [4.78, 5) is 7.30. The largest absolute Gasteiger partial charge is 0.490 e. The minimum atomic E-state index is 0.309. The summed E-state index contributed by atoms with van der Waals surface area (Å²) in [5.74, 6) is 1.13. The van der Waals surface area contributed by atoms with Crippen molar-refractivity contribution in [3.63, 3.8) is 0 Å². The molecule has 0 amide bonds. The van der Waals surface area contributed by atoms with Crippen LogP contribution in [0.1, 0.15) is 5.56 Å². The van der Waals surface area contributed by atoms with E-state index in [0.717, 1.165) is 26.3 Å². The Kier molecular flexibility index (Phi) is 6.48. The number of nitrogens with two attached hydrogens (primary N) is 1. The predicted molar refractivity (Wildman–Crippen MR) is 81.5 cm³/mol. The molecule has 1 aliphatic rings. The molecule has 0 bridgehead atoms. The van der Waals surface area contributed by atoms with E-state index in [9.17, 15) is 0 Å². The van der Waals surface area contributed by atoms with Crippen molar-refractivity contribution in [2.45, 2.75) is 0 Å². The van der Waals surface area contributed by atoms with Crippen LogP contribution in [-0.2, 0) is 9.57 Å². The fraction of sp³-hybridized carbons (Fsp3) is 0.467. The highest BCUT2D eigenvalue weighted by molar-refractivity contribution is 5.81. The van der Waals surface area contributed by atoms with Gasteiger partial charge in [0.15, 0.2) is 12.4 Å². The first-order valence-electron chi connectivity index (χ1n) is 7.15. The molecule has 7 heteroatoms. The number of benzene rings is 1. The first-order valence-corrected chi connectivity index (χ1v) is 7.15. The molecule has 2 N–H and O–H groups in total. The fourth-order valence-electron chi connectivity index (χ4n) is 1.97. The van der Waals surface area contributed by atoms with Crippen LogP contribution in [0.25, 0.3) is 0 Å². The van der Waals surface area contributed by atoms with Crippen molar-refractivity contribution in [2.75, 3.05) is 46.1 Å². The third-order valence-corrected chi connectivity index (χ3v) is 3.10. The van der Waals surface area contributed by atoms with Crippen molar-refractivity contribution >= 4 is 5.84 Å². The molecular weight excluding hydrogens is 284 g/mol. The van der Waals surface area contributed by atoms with Gasteiger partial charge in [0.1, 0.15) is 12.4 Å². The second-order valence-corrected chi connectivity index (χ2v) is 4.79. The number of hydrogen-bond acceptors (Lipinski definition) is 6. The monoisotopic (exact) mass is 304 g/mol. The first kappa shape index (κ1) is 16.1. The topological polar surface area (TPSA) is 93.1 Å². The highest BCUT2D eigenvalue weighted by atomic mass is 16.6. The number of rotatable bonds is 7. The molecule has 1 heterocycles. The van der Waals surface area contributed by atoms with Crippen LogP contribution in [0.2, 0.25) is 0 Å². The van der Waals surface area contributed by atoms with Gasteiger partial charge in [-0.3, -0.25) is 4.90 Å². The van der Waals surface area contributed by atoms with Crippen molar-refractivity contribution in [3.05, 3.63) is 29.8 Å². The quantitative estimate of drug-likeness (QED) is 0.342. The van der Waals surface area contributed by atoms with Crippen molar-refractivity contribution in [3.8, 4) is 11.8 Å².